The maximum Gasteiger partial charge on any atom is 0.407 e. The number of carboxylic acid groups (broad SMARTS) is 1. The first kappa shape index (κ1) is 14.4. The number of nitrogens with one attached hydrogen (secondary N) is 1. The van der Waals surface area contributed by atoms with E-state index in [0.29, 0.717) is 6.29 Å². The summed E-state index contributed by atoms with van der Waals surface area (Å²) in [6, 6.07) is -1.07. The number of aldehydes is 1. The predicted octanol–water partition coefficient (Wildman–Crippen LogP) is 0.945. The second kappa shape index (κ2) is 8.70. The van der Waals surface area contributed by atoms with Crippen LogP contribution in [0.15, 0.2) is 0 Å². The van der Waals surface area contributed by atoms with Crippen LogP contribution in [0.25, 0.3) is 0 Å². The number of carbonyl (C=O) groups is 3. The molecule has 1 atom stereocenters. The highest BCUT2D eigenvalue weighted by Gasteiger charge is 2.19. The Hall–Kier alpha value is -1.59. The summed E-state index contributed by atoms with van der Waals surface area (Å²) in [5.41, 5.74) is 0. The highest BCUT2D eigenvalue weighted by molar-refractivity contribution is 5.80. The number of alkyl carbamates (subject to hydrolysis) is 1. The average Bonchev–Trinajstić information content (AvgIpc) is 2.24. The van der Waals surface area contributed by atoms with Crippen LogP contribution in [0.4, 0.5) is 4.79 Å². The van der Waals surface area contributed by atoms with Crippen molar-refractivity contribution in [1.82, 2.24) is 5.32 Å². The number of aliphatic carboxylic acids is 1. The Morgan fingerprint density at radius 3 is 2.69 bits per heavy atom. The lowest BCUT2D eigenvalue weighted by Gasteiger charge is -2.13. The van der Waals surface area contributed by atoms with Crippen molar-refractivity contribution in [3.8, 4) is 0 Å². The Bertz CT molecular complexity index is 241. The zero-order chi connectivity index (χ0) is 12.4. The normalized spacial score (nSPS) is 11.6. The minimum atomic E-state index is -1.17. The number of unbranched alkanes of at least 4 members (excludes halogenated alkanes) is 1. The number of hydrogen-bond donors (Lipinski definition) is 2. The number of hydrogen-bond acceptors (Lipinski definition) is 4. The van der Waals surface area contributed by atoms with Crippen LogP contribution in [0, 0.1) is 0 Å². The minimum Gasteiger partial charge on any atom is -0.480 e. The Morgan fingerprint density at radius 1 is 1.50 bits per heavy atom. The van der Waals surface area contributed by atoms with Crippen LogP contribution in [-0.2, 0) is 14.3 Å². The molecule has 6 nitrogen and oxygen atoms in total. The Morgan fingerprint density at radius 2 is 2.19 bits per heavy atom. The largest absolute Gasteiger partial charge is 0.480 e. The van der Waals surface area contributed by atoms with Crippen molar-refractivity contribution in [3.05, 3.63) is 0 Å². The monoisotopic (exact) mass is 231 g/mol. The summed E-state index contributed by atoms with van der Waals surface area (Å²) in [7, 11) is 0. The smallest absolute Gasteiger partial charge is 0.407 e. The summed E-state index contributed by atoms with van der Waals surface area (Å²) in [4.78, 5) is 31.9. The van der Waals surface area contributed by atoms with Crippen molar-refractivity contribution in [2.24, 2.45) is 0 Å². The first-order valence-corrected chi connectivity index (χ1v) is 5.21. The third-order valence-corrected chi connectivity index (χ3v) is 1.89. The van der Waals surface area contributed by atoms with Gasteiger partial charge in [0.2, 0.25) is 0 Å². The second-order valence-corrected chi connectivity index (χ2v) is 3.27. The fourth-order valence-corrected chi connectivity index (χ4v) is 0.985. The number of amides is 1. The summed E-state index contributed by atoms with van der Waals surface area (Å²) in [6.45, 7) is 2.22. The molecule has 2 N–H and O–H groups in total. The van der Waals surface area contributed by atoms with E-state index in [1.807, 2.05) is 6.92 Å². The van der Waals surface area contributed by atoms with E-state index in [2.05, 4.69) is 5.32 Å². The fraction of sp³-hybridized carbons (Fsp3) is 0.700. The van der Waals surface area contributed by atoms with Crippen LogP contribution < -0.4 is 5.32 Å². The zero-order valence-corrected chi connectivity index (χ0v) is 9.27. The van der Waals surface area contributed by atoms with Crippen LogP contribution in [0.3, 0.4) is 0 Å². The topological polar surface area (TPSA) is 92.7 Å². The van der Waals surface area contributed by atoms with E-state index in [0.717, 1.165) is 12.8 Å². The molecule has 0 fully saturated rings. The maximum atomic E-state index is 11.1. The number of ether oxygens (including phenoxy) is 1. The van der Waals surface area contributed by atoms with Crippen LogP contribution in [0.2, 0.25) is 0 Å². The molecule has 0 saturated heterocycles. The highest BCUT2D eigenvalue weighted by Crippen LogP contribution is 1.97. The molecule has 0 aliphatic heterocycles. The Balaban J connectivity index is 3.93. The quantitative estimate of drug-likeness (QED) is 0.479. The summed E-state index contributed by atoms with van der Waals surface area (Å²) < 4.78 is 4.74. The molecule has 0 rings (SSSR count). The van der Waals surface area contributed by atoms with Crippen molar-refractivity contribution in [1.29, 1.82) is 0 Å². The van der Waals surface area contributed by atoms with Crippen LogP contribution in [0.1, 0.15) is 32.6 Å². The molecule has 0 unspecified atom stereocenters. The Kier molecular flexibility index (Phi) is 7.83. The van der Waals surface area contributed by atoms with Gasteiger partial charge in [-0.25, -0.2) is 9.59 Å². The van der Waals surface area contributed by atoms with Gasteiger partial charge < -0.3 is 20.0 Å². The predicted molar refractivity (Wildman–Crippen MR) is 56.1 cm³/mol. The van der Waals surface area contributed by atoms with E-state index < -0.39 is 18.1 Å². The first-order valence-electron chi connectivity index (χ1n) is 5.21. The molecule has 0 aliphatic carbocycles. The van der Waals surface area contributed by atoms with Gasteiger partial charge in [-0.3, -0.25) is 0 Å². The standard InChI is InChI=1S/C10H17NO5/c1-2-3-7-16-10(15)11-8(9(13)14)5-4-6-12/h6,8H,2-5,7H2,1H3,(H,11,15)(H,13,14)/t8-/m0/s1. The molecule has 0 aromatic carbocycles. The van der Waals surface area contributed by atoms with Crippen LogP contribution in [-0.4, -0.2) is 36.1 Å². The molecular weight excluding hydrogens is 214 g/mol. The minimum absolute atomic E-state index is 0.0711. The van der Waals surface area contributed by atoms with Gasteiger partial charge in [-0.2, -0.15) is 0 Å². The molecule has 0 saturated carbocycles. The van der Waals surface area contributed by atoms with Crippen molar-refractivity contribution < 1.29 is 24.2 Å². The third kappa shape index (κ3) is 6.80. The van der Waals surface area contributed by atoms with Gasteiger partial charge in [-0.15, -0.1) is 0 Å². The summed E-state index contributed by atoms with van der Waals surface area (Å²) >= 11 is 0. The van der Waals surface area contributed by atoms with Crippen molar-refractivity contribution >= 4 is 18.3 Å². The molecule has 0 heterocycles. The van der Waals surface area contributed by atoms with Gasteiger partial charge >= 0.3 is 12.1 Å². The van der Waals surface area contributed by atoms with E-state index in [1.54, 1.807) is 0 Å². The van der Waals surface area contributed by atoms with Gasteiger partial charge in [0, 0.05) is 6.42 Å². The average molecular weight is 231 g/mol. The SMILES string of the molecule is CCCCOC(=O)N[C@@H](CCC=O)C(=O)O. The molecule has 0 radical (unpaired) electrons. The molecular formula is C10H17NO5. The molecule has 0 spiro atoms. The lowest BCUT2D eigenvalue weighted by atomic mass is 10.2. The number of rotatable bonds is 8. The van der Waals surface area contributed by atoms with Crippen molar-refractivity contribution in [3.63, 3.8) is 0 Å². The zero-order valence-electron chi connectivity index (χ0n) is 9.27. The van der Waals surface area contributed by atoms with E-state index in [4.69, 9.17) is 9.84 Å². The van der Waals surface area contributed by atoms with Gasteiger partial charge in [0.25, 0.3) is 0 Å². The van der Waals surface area contributed by atoms with Crippen molar-refractivity contribution in [2.75, 3.05) is 6.61 Å². The summed E-state index contributed by atoms with van der Waals surface area (Å²) in [5, 5.41) is 10.9. The number of carbonyl (C=O) groups excluding carboxylic acids is 2. The van der Waals surface area contributed by atoms with Crippen LogP contribution in [0.5, 0.6) is 0 Å². The highest BCUT2D eigenvalue weighted by atomic mass is 16.5. The van der Waals surface area contributed by atoms with Gasteiger partial charge in [0.1, 0.15) is 12.3 Å². The third-order valence-electron chi connectivity index (χ3n) is 1.89. The second-order valence-electron chi connectivity index (χ2n) is 3.27. The summed E-state index contributed by atoms with van der Waals surface area (Å²) in [5.74, 6) is -1.17. The van der Waals surface area contributed by atoms with Gasteiger partial charge in [0.15, 0.2) is 0 Å². The van der Waals surface area contributed by atoms with Gasteiger partial charge in [0.05, 0.1) is 6.61 Å². The fourth-order valence-electron chi connectivity index (χ4n) is 0.985. The van der Waals surface area contributed by atoms with E-state index in [9.17, 15) is 14.4 Å². The van der Waals surface area contributed by atoms with Crippen molar-refractivity contribution in [2.45, 2.75) is 38.6 Å². The maximum absolute atomic E-state index is 11.1. The van der Waals surface area contributed by atoms with Crippen LogP contribution >= 0.6 is 0 Å². The van der Waals surface area contributed by atoms with E-state index >= 15 is 0 Å². The van der Waals surface area contributed by atoms with E-state index in [1.165, 1.54) is 0 Å². The molecule has 16 heavy (non-hydrogen) atoms. The molecule has 6 heteroatoms. The Labute approximate surface area is 94.0 Å². The lowest BCUT2D eigenvalue weighted by molar-refractivity contribution is -0.139. The molecule has 1 amide bonds. The van der Waals surface area contributed by atoms with E-state index in [-0.39, 0.29) is 19.4 Å². The molecule has 0 aromatic heterocycles. The molecule has 0 aliphatic rings. The lowest BCUT2D eigenvalue weighted by Crippen LogP contribution is -2.41. The molecule has 0 bridgehead atoms. The summed E-state index contributed by atoms with van der Waals surface area (Å²) in [6.07, 6.45) is 1.64. The first-order chi connectivity index (χ1) is 7.61. The molecule has 0 aromatic rings. The van der Waals surface area contributed by atoms with Gasteiger partial charge in [-0.1, -0.05) is 13.3 Å². The van der Waals surface area contributed by atoms with Gasteiger partial charge in [-0.05, 0) is 12.8 Å². The molecule has 92 valence electrons. The number of carboxylic acids is 1.